The normalized spacial score (nSPS) is 23.6. The number of sulfonamides is 1. The molecule has 0 bridgehead atoms. The number of hydrogen-bond acceptors (Lipinski definition) is 3. The van der Waals surface area contributed by atoms with E-state index in [0.29, 0.717) is 29.8 Å². The summed E-state index contributed by atoms with van der Waals surface area (Å²) in [4.78, 5) is 0.413. The quantitative estimate of drug-likeness (QED) is 0.819. The molecule has 1 fully saturated rings. The van der Waals surface area contributed by atoms with Crippen molar-refractivity contribution in [3.05, 3.63) is 29.8 Å². The Balaban J connectivity index is 2.07. The molecule has 2 unspecified atom stereocenters. The average Bonchev–Trinajstić information content (AvgIpc) is 2.80. The maximum atomic E-state index is 12.6. The maximum Gasteiger partial charge on any atom is 0.243 e. The molecule has 0 aromatic heterocycles. The summed E-state index contributed by atoms with van der Waals surface area (Å²) in [5, 5.41) is 3.27. The lowest BCUT2D eigenvalue weighted by Gasteiger charge is -2.16. The van der Waals surface area contributed by atoms with E-state index >= 15 is 0 Å². The first kappa shape index (κ1) is 16.5. The van der Waals surface area contributed by atoms with Gasteiger partial charge in [-0.1, -0.05) is 32.9 Å². The van der Waals surface area contributed by atoms with Crippen molar-refractivity contribution in [2.24, 2.45) is 11.8 Å². The zero-order valence-corrected chi connectivity index (χ0v) is 14.0. The van der Waals surface area contributed by atoms with E-state index in [9.17, 15) is 8.42 Å². The topological polar surface area (TPSA) is 49.4 Å². The number of benzene rings is 1. The predicted octanol–water partition coefficient (Wildman–Crippen LogP) is 2.12. The van der Waals surface area contributed by atoms with Crippen LogP contribution in [0.2, 0.25) is 0 Å². The Morgan fingerprint density at radius 1 is 1.14 bits per heavy atom. The van der Waals surface area contributed by atoms with E-state index in [1.165, 1.54) is 0 Å². The summed E-state index contributed by atoms with van der Waals surface area (Å²) in [5.74, 6) is 0.860. The molecule has 1 N–H and O–H groups in total. The van der Waals surface area contributed by atoms with Crippen molar-refractivity contribution in [3.8, 4) is 0 Å². The van der Waals surface area contributed by atoms with Gasteiger partial charge in [-0.15, -0.1) is 0 Å². The van der Waals surface area contributed by atoms with E-state index in [1.807, 2.05) is 12.1 Å². The van der Waals surface area contributed by atoms with E-state index in [0.717, 1.165) is 25.1 Å². The lowest BCUT2D eigenvalue weighted by atomic mass is 10.0. The van der Waals surface area contributed by atoms with Crippen LogP contribution in [0.4, 0.5) is 0 Å². The zero-order valence-electron chi connectivity index (χ0n) is 13.2. The third-order valence-corrected chi connectivity index (χ3v) is 6.20. The highest BCUT2D eigenvalue weighted by Crippen LogP contribution is 2.28. The van der Waals surface area contributed by atoms with E-state index in [-0.39, 0.29) is 0 Å². The number of likely N-dealkylation sites (N-methyl/N-ethyl adjacent to an activating group) is 1. The Bertz CT molecular complexity index is 544. The first-order valence-electron chi connectivity index (χ1n) is 7.75. The summed E-state index contributed by atoms with van der Waals surface area (Å²) in [7, 11) is -3.33. The van der Waals surface area contributed by atoms with Crippen molar-refractivity contribution in [3.63, 3.8) is 0 Å². The molecule has 0 aliphatic carbocycles. The molecule has 1 saturated heterocycles. The Morgan fingerprint density at radius 3 is 2.24 bits per heavy atom. The van der Waals surface area contributed by atoms with Gasteiger partial charge in [-0.2, -0.15) is 4.31 Å². The van der Waals surface area contributed by atoms with Crippen LogP contribution in [0.3, 0.4) is 0 Å². The Kier molecular flexibility index (Phi) is 5.41. The van der Waals surface area contributed by atoms with Crippen LogP contribution in [-0.2, 0) is 16.4 Å². The van der Waals surface area contributed by atoms with Crippen LogP contribution in [0.5, 0.6) is 0 Å². The molecule has 1 aliphatic rings. The van der Waals surface area contributed by atoms with Gasteiger partial charge in [0.2, 0.25) is 10.0 Å². The molecular weight excluding hydrogens is 284 g/mol. The summed E-state index contributed by atoms with van der Waals surface area (Å²) in [6, 6.07) is 7.33. The van der Waals surface area contributed by atoms with Gasteiger partial charge in [-0.05, 0) is 49.0 Å². The van der Waals surface area contributed by atoms with E-state index in [4.69, 9.17) is 0 Å². The standard InChI is InChI=1S/C16H26N2O2S/c1-4-17-10-9-15-5-7-16(8-6-15)21(19,20)18-11-13(2)14(3)12-18/h5-8,13-14,17H,4,9-12H2,1-3H3. The van der Waals surface area contributed by atoms with Crippen molar-refractivity contribution < 1.29 is 8.42 Å². The Labute approximate surface area is 128 Å². The third-order valence-electron chi connectivity index (χ3n) is 4.36. The zero-order chi connectivity index (χ0) is 15.5. The molecular formula is C16H26N2O2S. The fraction of sp³-hybridized carbons (Fsp3) is 0.625. The van der Waals surface area contributed by atoms with Crippen LogP contribution >= 0.6 is 0 Å². The highest BCUT2D eigenvalue weighted by molar-refractivity contribution is 7.89. The fourth-order valence-electron chi connectivity index (χ4n) is 2.66. The van der Waals surface area contributed by atoms with Crippen LogP contribution in [0.15, 0.2) is 29.2 Å². The molecule has 0 radical (unpaired) electrons. The second-order valence-electron chi connectivity index (χ2n) is 6.02. The minimum Gasteiger partial charge on any atom is -0.317 e. The number of nitrogens with one attached hydrogen (secondary N) is 1. The summed E-state index contributed by atoms with van der Waals surface area (Å²) in [5.41, 5.74) is 1.16. The SMILES string of the molecule is CCNCCc1ccc(S(=O)(=O)N2CC(C)C(C)C2)cc1. The third kappa shape index (κ3) is 3.84. The first-order valence-corrected chi connectivity index (χ1v) is 9.19. The Hall–Kier alpha value is -0.910. The van der Waals surface area contributed by atoms with Crippen LogP contribution in [0.25, 0.3) is 0 Å². The van der Waals surface area contributed by atoms with E-state index in [2.05, 4.69) is 26.1 Å². The van der Waals surface area contributed by atoms with Crippen LogP contribution in [0, 0.1) is 11.8 Å². The largest absolute Gasteiger partial charge is 0.317 e. The lowest BCUT2D eigenvalue weighted by Crippen LogP contribution is -2.29. The summed E-state index contributed by atoms with van der Waals surface area (Å²) in [6.07, 6.45) is 0.923. The molecule has 0 spiro atoms. The van der Waals surface area contributed by atoms with Gasteiger partial charge in [0.1, 0.15) is 0 Å². The molecule has 1 aliphatic heterocycles. The monoisotopic (exact) mass is 310 g/mol. The van der Waals surface area contributed by atoms with Gasteiger partial charge in [-0.25, -0.2) is 8.42 Å². The molecule has 0 amide bonds. The Morgan fingerprint density at radius 2 is 1.71 bits per heavy atom. The van der Waals surface area contributed by atoms with Gasteiger partial charge in [0.15, 0.2) is 0 Å². The second-order valence-corrected chi connectivity index (χ2v) is 7.96. The number of rotatable bonds is 6. The molecule has 1 aromatic carbocycles. The molecule has 21 heavy (non-hydrogen) atoms. The highest BCUT2D eigenvalue weighted by Gasteiger charge is 2.34. The van der Waals surface area contributed by atoms with Gasteiger partial charge in [-0.3, -0.25) is 0 Å². The molecule has 1 heterocycles. The minimum absolute atomic E-state index is 0.413. The predicted molar refractivity (Wildman–Crippen MR) is 85.8 cm³/mol. The second kappa shape index (κ2) is 6.90. The van der Waals surface area contributed by atoms with Crippen LogP contribution in [0.1, 0.15) is 26.3 Å². The van der Waals surface area contributed by atoms with Crippen molar-refractivity contribution in [1.29, 1.82) is 0 Å². The molecule has 2 rings (SSSR count). The van der Waals surface area contributed by atoms with Crippen molar-refractivity contribution in [1.82, 2.24) is 9.62 Å². The smallest absolute Gasteiger partial charge is 0.243 e. The molecule has 1 aromatic rings. The van der Waals surface area contributed by atoms with Gasteiger partial charge in [0, 0.05) is 13.1 Å². The van der Waals surface area contributed by atoms with Gasteiger partial charge in [0.25, 0.3) is 0 Å². The van der Waals surface area contributed by atoms with E-state index < -0.39 is 10.0 Å². The summed E-state index contributed by atoms with van der Waals surface area (Å²) in [6.45, 7) is 9.45. The van der Waals surface area contributed by atoms with Gasteiger partial charge >= 0.3 is 0 Å². The van der Waals surface area contributed by atoms with Crippen molar-refractivity contribution in [2.45, 2.75) is 32.1 Å². The average molecular weight is 310 g/mol. The van der Waals surface area contributed by atoms with Crippen LogP contribution < -0.4 is 5.32 Å². The van der Waals surface area contributed by atoms with Crippen molar-refractivity contribution >= 4 is 10.0 Å². The minimum atomic E-state index is -3.33. The van der Waals surface area contributed by atoms with Crippen LogP contribution in [-0.4, -0.2) is 38.9 Å². The first-order chi connectivity index (χ1) is 9.95. The molecule has 4 nitrogen and oxygen atoms in total. The van der Waals surface area contributed by atoms with Gasteiger partial charge < -0.3 is 5.32 Å². The van der Waals surface area contributed by atoms with Crippen molar-refractivity contribution in [2.75, 3.05) is 26.2 Å². The summed E-state index contributed by atoms with van der Waals surface area (Å²) >= 11 is 0. The summed E-state index contributed by atoms with van der Waals surface area (Å²) < 4.78 is 26.8. The maximum absolute atomic E-state index is 12.6. The molecule has 5 heteroatoms. The number of hydrogen-bond donors (Lipinski definition) is 1. The van der Waals surface area contributed by atoms with E-state index in [1.54, 1.807) is 16.4 Å². The number of nitrogens with zero attached hydrogens (tertiary/aromatic N) is 1. The van der Waals surface area contributed by atoms with Gasteiger partial charge in [0.05, 0.1) is 4.90 Å². The fourth-order valence-corrected chi connectivity index (χ4v) is 4.30. The molecule has 118 valence electrons. The molecule has 0 saturated carbocycles. The highest BCUT2D eigenvalue weighted by atomic mass is 32.2. The molecule has 2 atom stereocenters. The lowest BCUT2D eigenvalue weighted by molar-refractivity contribution is 0.463.